The first-order valence-electron chi connectivity index (χ1n) is 23.1. The van der Waals surface area contributed by atoms with Crippen LogP contribution in [0.2, 0.25) is 0 Å². The molecule has 0 radical (unpaired) electrons. The number of anilines is 2. The molecule has 6 aromatic carbocycles. The maximum atomic E-state index is 13.6. The zero-order valence-corrected chi connectivity index (χ0v) is 42.5. The number of alkyl halides is 6. The number of aliphatic carboxylic acids is 2. The smallest absolute Gasteiger partial charge is 0.550 e. The monoisotopic (exact) mass is 1030 g/mol. The van der Waals surface area contributed by atoms with E-state index in [1.54, 1.807) is 52.0 Å². The number of nitrogens with one attached hydrogen (secondary N) is 2. The number of amides is 2. The second kappa shape index (κ2) is 23.7. The fraction of sp³-hybridized carbons (Fsp3) is 0.286. The minimum Gasteiger partial charge on any atom is -0.550 e. The number of aryl methyl sites for hydroxylation is 4. The Balaban J connectivity index is 0.000000235. The minimum atomic E-state index is -4.70. The molecule has 0 bridgehead atoms. The van der Waals surface area contributed by atoms with Crippen LogP contribution >= 0.6 is 0 Å². The predicted octanol–water partition coefficient (Wildman–Crippen LogP) is 9.72. The Kier molecular flexibility index (Phi) is 18.1. The Morgan fingerprint density at radius 1 is 0.521 bits per heavy atom. The number of ether oxygens (including phenoxy) is 2. The van der Waals surface area contributed by atoms with Crippen LogP contribution in [0.4, 0.5) is 37.7 Å². The van der Waals surface area contributed by atoms with Gasteiger partial charge in [0.05, 0.1) is 35.7 Å². The van der Waals surface area contributed by atoms with Crippen LogP contribution in [0, 0.1) is 39.5 Å². The third kappa shape index (κ3) is 14.4. The number of rotatable bonds is 16. The third-order valence-corrected chi connectivity index (χ3v) is 12.7. The van der Waals surface area contributed by atoms with Crippen molar-refractivity contribution in [3.8, 4) is 11.5 Å². The van der Waals surface area contributed by atoms with Gasteiger partial charge in [-0.1, -0.05) is 72.8 Å². The van der Waals surface area contributed by atoms with E-state index in [4.69, 9.17) is 9.47 Å². The van der Waals surface area contributed by atoms with E-state index < -0.39 is 82.3 Å². The van der Waals surface area contributed by atoms with E-state index in [1.165, 1.54) is 24.3 Å². The van der Waals surface area contributed by atoms with Gasteiger partial charge in [-0.05, 0) is 145 Å². The number of carbonyl (C=O) groups excluding carboxylic acids is 4. The molecule has 10 nitrogen and oxygen atoms in total. The number of halogens is 6. The van der Waals surface area contributed by atoms with Crippen LogP contribution in [0.5, 0.6) is 11.5 Å². The molecule has 0 heterocycles. The van der Waals surface area contributed by atoms with Gasteiger partial charge in [0.15, 0.2) is 0 Å². The van der Waals surface area contributed by atoms with Crippen LogP contribution in [0.1, 0.15) is 101 Å². The topological polar surface area (TPSA) is 157 Å². The Bertz CT molecular complexity index is 2740. The summed E-state index contributed by atoms with van der Waals surface area (Å²) in [4.78, 5) is 48.4. The van der Waals surface area contributed by atoms with Gasteiger partial charge in [0.2, 0.25) is 0 Å². The number of carboxylic acid groups (broad SMARTS) is 2. The SMILES string of the molecule is Cc1cc(OCCc2ccccc2)cc(C)c1C(=O)Nc1cc([C@H]2C[C@H]2C(=O)[O-])ccc1C(F)(F)F.Cc1cc(OCCc2ccccc2)cc(C)c1C(=O)Nc1cc([C@H]2C[C@H]2C(=O)[O-])ccc1C(F)(F)F.[Ca+2]. The molecule has 73 heavy (non-hydrogen) atoms. The van der Waals surface area contributed by atoms with Crippen molar-refractivity contribution in [2.75, 3.05) is 23.8 Å². The van der Waals surface area contributed by atoms with Gasteiger partial charge in [-0.25, -0.2) is 0 Å². The molecular formula is C56H50CaF6N2O8. The molecule has 8 rings (SSSR count). The van der Waals surface area contributed by atoms with Gasteiger partial charge in [0, 0.05) is 47.7 Å². The molecule has 0 spiro atoms. The standard InChI is InChI=1S/2C28H26F3NO4.Ca/c2*1-16-12-20(36-11-10-18-6-4-3-5-7-18)13-17(2)25(16)26(33)32-24-14-19(21-15-22(21)27(34)35)8-9-23(24)28(29,30)31;/h2*3-9,12-14,21-22H,10-11,15H2,1-2H3,(H,32,33)(H,34,35);/q;;+2/p-2/t2*21-,22-;/m11./s1. The summed E-state index contributed by atoms with van der Waals surface area (Å²) >= 11 is 0. The second-order valence-electron chi connectivity index (χ2n) is 18.1. The van der Waals surface area contributed by atoms with Crippen molar-refractivity contribution in [1.29, 1.82) is 0 Å². The number of carboxylic acids is 2. The van der Waals surface area contributed by atoms with Crippen LogP contribution in [-0.4, -0.2) is 74.7 Å². The van der Waals surface area contributed by atoms with E-state index in [9.17, 15) is 55.7 Å². The molecule has 0 saturated heterocycles. The van der Waals surface area contributed by atoms with E-state index in [0.717, 1.165) is 23.3 Å². The Labute approximate surface area is 448 Å². The summed E-state index contributed by atoms with van der Waals surface area (Å²) in [6, 6.07) is 33.1. The van der Waals surface area contributed by atoms with Crippen LogP contribution in [0.25, 0.3) is 0 Å². The molecule has 6 aromatic rings. The average Bonchev–Trinajstić information content (AvgIpc) is 4.24. The second-order valence-corrected chi connectivity index (χ2v) is 18.1. The van der Waals surface area contributed by atoms with Crippen molar-refractivity contribution < 1.29 is 65.2 Å². The van der Waals surface area contributed by atoms with Crippen molar-refractivity contribution in [2.45, 2.75) is 77.6 Å². The number of hydrogen-bond donors (Lipinski definition) is 2. The molecule has 2 aliphatic rings. The first-order chi connectivity index (χ1) is 34.1. The fourth-order valence-electron chi connectivity index (χ4n) is 8.90. The summed E-state index contributed by atoms with van der Waals surface area (Å²) in [5.41, 5.74) is 3.03. The molecule has 376 valence electrons. The molecule has 0 aliphatic heterocycles. The number of benzene rings is 6. The molecule has 4 atom stereocenters. The molecule has 17 heteroatoms. The van der Waals surface area contributed by atoms with Gasteiger partial charge >= 0.3 is 50.1 Å². The van der Waals surface area contributed by atoms with Crippen molar-refractivity contribution in [1.82, 2.24) is 0 Å². The van der Waals surface area contributed by atoms with Gasteiger partial charge in [0.25, 0.3) is 11.8 Å². The summed E-state index contributed by atoms with van der Waals surface area (Å²) < 4.78 is 93.5. The van der Waals surface area contributed by atoms with Gasteiger partial charge in [-0.2, -0.15) is 26.3 Å². The molecule has 2 amide bonds. The summed E-state index contributed by atoms with van der Waals surface area (Å²) in [6.45, 7) is 7.65. The third-order valence-electron chi connectivity index (χ3n) is 12.7. The molecule has 2 fully saturated rings. The summed E-state index contributed by atoms with van der Waals surface area (Å²) in [5, 5.41) is 27.0. The van der Waals surface area contributed by atoms with E-state index in [-0.39, 0.29) is 48.9 Å². The largest absolute Gasteiger partial charge is 2.00 e. The van der Waals surface area contributed by atoms with Crippen LogP contribution < -0.4 is 30.3 Å². The van der Waals surface area contributed by atoms with E-state index in [0.29, 0.717) is 83.8 Å². The summed E-state index contributed by atoms with van der Waals surface area (Å²) in [5.74, 6) is -5.02. The summed E-state index contributed by atoms with van der Waals surface area (Å²) in [7, 11) is 0. The maximum absolute atomic E-state index is 13.6. The van der Waals surface area contributed by atoms with Crippen LogP contribution in [0.15, 0.2) is 121 Å². The number of hydrogen-bond acceptors (Lipinski definition) is 8. The van der Waals surface area contributed by atoms with Crippen molar-refractivity contribution >= 4 is 72.9 Å². The van der Waals surface area contributed by atoms with Crippen LogP contribution in [-0.2, 0) is 34.8 Å². The minimum absolute atomic E-state index is 0. The Morgan fingerprint density at radius 3 is 1.14 bits per heavy atom. The zero-order chi connectivity index (χ0) is 52.1. The Morgan fingerprint density at radius 2 is 0.849 bits per heavy atom. The first kappa shape index (κ1) is 55.9. The van der Waals surface area contributed by atoms with Crippen molar-refractivity contribution in [2.24, 2.45) is 11.8 Å². The Hall–Kier alpha value is -6.36. The van der Waals surface area contributed by atoms with Gasteiger partial charge in [-0.3, -0.25) is 9.59 Å². The molecular weight excluding hydrogens is 983 g/mol. The molecule has 0 aromatic heterocycles. The normalized spacial score (nSPS) is 16.7. The van der Waals surface area contributed by atoms with E-state index in [2.05, 4.69) is 10.6 Å². The summed E-state index contributed by atoms with van der Waals surface area (Å²) in [6.07, 6.45) is -7.39. The van der Waals surface area contributed by atoms with Crippen LogP contribution in [0.3, 0.4) is 0 Å². The van der Waals surface area contributed by atoms with E-state index in [1.807, 2.05) is 60.7 Å². The fourth-order valence-corrected chi connectivity index (χ4v) is 8.90. The van der Waals surface area contributed by atoms with Gasteiger partial charge in [0.1, 0.15) is 11.5 Å². The zero-order valence-electron chi connectivity index (χ0n) is 40.3. The van der Waals surface area contributed by atoms with Gasteiger partial charge < -0.3 is 39.9 Å². The van der Waals surface area contributed by atoms with Crippen molar-refractivity contribution in [3.05, 3.63) is 188 Å². The average molecular weight is 1030 g/mol. The quantitative estimate of drug-likeness (QED) is 0.0717. The molecule has 2 saturated carbocycles. The molecule has 2 N–H and O–H groups in total. The van der Waals surface area contributed by atoms with Gasteiger partial charge in [-0.15, -0.1) is 0 Å². The van der Waals surface area contributed by atoms with Crippen molar-refractivity contribution in [3.63, 3.8) is 0 Å². The maximum Gasteiger partial charge on any atom is 2.00 e. The number of carbonyl (C=O) groups is 4. The first-order valence-corrected chi connectivity index (χ1v) is 23.1. The van der Waals surface area contributed by atoms with E-state index >= 15 is 0 Å². The predicted molar refractivity (Wildman–Crippen MR) is 259 cm³/mol. The molecule has 2 aliphatic carbocycles. The molecule has 0 unspecified atom stereocenters.